The van der Waals surface area contributed by atoms with Gasteiger partial charge in [0.25, 0.3) is 5.91 Å². The van der Waals surface area contributed by atoms with Crippen LogP contribution in [0, 0.1) is 0 Å². The summed E-state index contributed by atoms with van der Waals surface area (Å²) >= 11 is 1.27. The van der Waals surface area contributed by atoms with Gasteiger partial charge in [0.15, 0.2) is 5.58 Å². The molecule has 1 amide bonds. The molecule has 7 nitrogen and oxygen atoms in total. The topological polar surface area (TPSA) is 94.1 Å². The van der Waals surface area contributed by atoms with Gasteiger partial charge in [-0.1, -0.05) is 11.2 Å². The number of nitrogens with one attached hydrogen (secondary N) is 1. The normalized spacial score (nSPS) is 11.0. The van der Waals surface area contributed by atoms with Crippen LogP contribution >= 0.6 is 11.3 Å². The van der Waals surface area contributed by atoms with Gasteiger partial charge in [0.05, 0.1) is 24.4 Å². The van der Waals surface area contributed by atoms with E-state index in [2.05, 4.69) is 20.4 Å². The van der Waals surface area contributed by atoms with Gasteiger partial charge in [-0.05, 0) is 47.5 Å². The molecule has 4 heterocycles. The van der Waals surface area contributed by atoms with Crippen molar-refractivity contribution in [1.82, 2.24) is 20.4 Å². The number of thiazole rings is 1. The van der Waals surface area contributed by atoms with Crippen LogP contribution < -0.4 is 5.32 Å². The first-order valence-corrected chi connectivity index (χ1v) is 9.66. The minimum atomic E-state index is -0.210. The van der Waals surface area contributed by atoms with E-state index in [1.807, 2.05) is 30.3 Å². The van der Waals surface area contributed by atoms with Gasteiger partial charge in [-0.15, -0.1) is 11.3 Å². The Kier molecular flexibility index (Phi) is 4.38. The minimum absolute atomic E-state index is 0.210. The summed E-state index contributed by atoms with van der Waals surface area (Å²) in [5.74, 6) is 0.480. The average Bonchev–Trinajstić information content (AvgIpc) is 3.52. The van der Waals surface area contributed by atoms with Crippen molar-refractivity contribution in [3.05, 3.63) is 78.0 Å². The van der Waals surface area contributed by atoms with Crippen LogP contribution in [0.3, 0.4) is 0 Å². The Morgan fingerprint density at radius 3 is 2.83 bits per heavy atom. The number of hydrogen-bond donors (Lipinski definition) is 1. The predicted molar refractivity (Wildman–Crippen MR) is 108 cm³/mol. The molecule has 0 aliphatic heterocycles. The number of fused-ring (bicyclic) bond motifs is 1. The number of amides is 1. The summed E-state index contributed by atoms with van der Waals surface area (Å²) in [6.45, 7) is 0.323. The number of carbonyl (C=O) groups is 1. The summed E-state index contributed by atoms with van der Waals surface area (Å²) in [5, 5.41) is 8.46. The van der Waals surface area contributed by atoms with Crippen LogP contribution in [0.2, 0.25) is 0 Å². The van der Waals surface area contributed by atoms with E-state index in [4.69, 9.17) is 8.94 Å². The number of carbonyl (C=O) groups excluding carboxylic acids is 1. The quantitative estimate of drug-likeness (QED) is 0.464. The smallest absolute Gasteiger partial charge is 0.263 e. The number of nitrogens with zero attached hydrogens (tertiary/aromatic N) is 3. The molecule has 0 saturated carbocycles. The number of rotatable bonds is 5. The summed E-state index contributed by atoms with van der Waals surface area (Å²) in [4.78, 5) is 21.3. The largest absolute Gasteiger partial charge is 0.467 e. The molecule has 0 atom stereocenters. The van der Waals surface area contributed by atoms with Crippen molar-refractivity contribution in [2.45, 2.75) is 6.54 Å². The van der Waals surface area contributed by atoms with Crippen molar-refractivity contribution in [2.24, 2.45) is 0 Å². The zero-order chi connectivity index (χ0) is 19.6. The van der Waals surface area contributed by atoms with Crippen LogP contribution in [0.4, 0.5) is 0 Å². The predicted octanol–water partition coefficient (Wildman–Crippen LogP) is 4.54. The van der Waals surface area contributed by atoms with Gasteiger partial charge in [0.2, 0.25) is 0 Å². The Bertz CT molecular complexity index is 1280. The molecule has 0 aliphatic carbocycles. The molecule has 5 rings (SSSR count). The van der Waals surface area contributed by atoms with Crippen molar-refractivity contribution < 1.29 is 13.7 Å². The van der Waals surface area contributed by atoms with Gasteiger partial charge >= 0.3 is 0 Å². The third-order valence-electron chi connectivity index (χ3n) is 4.42. The molecular weight excluding hydrogens is 388 g/mol. The van der Waals surface area contributed by atoms with Crippen LogP contribution in [-0.4, -0.2) is 21.0 Å². The zero-order valence-corrected chi connectivity index (χ0v) is 15.8. The average molecular weight is 402 g/mol. The molecule has 0 saturated heterocycles. The summed E-state index contributed by atoms with van der Waals surface area (Å²) < 4.78 is 10.7. The van der Waals surface area contributed by atoms with E-state index in [0.29, 0.717) is 33.5 Å². The fraction of sp³-hybridized carbons (Fsp3) is 0.0476. The Labute approximate surface area is 169 Å². The molecule has 0 spiro atoms. The van der Waals surface area contributed by atoms with Crippen LogP contribution in [0.25, 0.3) is 32.8 Å². The lowest BCUT2D eigenvalue weighted by Crippen LogP contribution is -2.21. The fourth-order valence-electron chi connectivity index (χ4n) is 2.97. The van der Waals surface area contributed by atoms with Gasteiger partial charge in [-0.25, -0.2) is 4.98 Å². The standard InChI is InChI=1S/C21H14N4O3S/c26-20(23-11-15-2-1-9-27-15)18-12-24-21(29-18)19-16-4-3-14(10-17(16)28-25-19)13-5-7-22-8-6-13/h1-10,12H,11H2,(H,23,26). The van der Waals surface area contributed by atoms with Crippen LogP contribution in [0.15, 0.2) is 76.3 Å². The first kappa shape index (κ1) is 17.3. The molecule has 0 radical (unpaired) electrons. The molecule has 0 aliphatic rings. The lowest BCUT2D eigenvalue weighted by atomic mass is 10.1. The lowest BCUT2D eigenvalue weighted by Gasteiger charge is -2.00. The second-order valence-electron chi connectivity index (χ2n) is 6.27. The molecule has 1 aromatic carbocycles. The monoisotopic (exact) mass is 402 g/mol. The highest BCUT2D eigenvalue weighted by Crippen LogP contribution is 2.33. The number of furan rings is 1. The highest BCUT2D eigenvalue weighted by molar-refractivity contribution is 7.17. The Morgan fingerprint density at radius 1 is 1.10 bits per heavy atom. The van der Waals surface area contributed by atoms with Crippen LogP contribution in [0.1, 0.15) is 15.4 Å². The number of pyridine rings is 1. The Morgan fingerprint density at radius 2 is 2.00 bits per heavy atom. The van der Waals surface area contributed by atoms with Crippen molar-refractivity contribution in [1.29, 1.82) is 0 Å². The van der Waals surface area contributed by atoms with E-state index in [1.54, 1.807) is 37.0 Å². The summed E-state index contributed by atoms with van der Waals surface area (Å²) in [6.07, 6.45) is 6.62. The van der Waals surface area contributed by atoms with E-state index < -0.39 is 0 Å². The first-order chi connectivity index (χ1) is 14.3. The molecule has 4 aromatic heterocycles. The number of hydrogen-bond acceptors (Lipinski definition) is 7. The molecular formula is C21H14N4O3S. The Balaban J connectivity index is 1.39. The lowest BCUT2D eigenvalue weighted by molar-refractivity contribution is 0.0952. The van der Waals surface area contributed by atoms with Crippen molar-refractivity contribution in [2.75, 3.05) is 0 Å². The van der Waals surface area contributed by atoms with Crippen LogP contribution in [-0.2, 0) is 6.54 Å². The number of benzene rings is 1. The highest BCUT2D eigenvalue weighted by Gasteiger charge is 2.17. The van der Waals surface area contributed by atoms with E-state index >= 15 is 0 Å². The summed E-state index contributed by atoms with van der Waals surface area (Å²) in [7, 11) is 0. The third-order valence-corrected chi connectivity index (χ3v) is 5.42. The maximum absolute atomic E-state index is 12.4. The molecule has 142 valence electrons. The van der Waals surface area contributed by atoms with E-state index in [9.17, 15) is 4.79 Å². The second-order valence-corrected chi connectivity index (χ2v) is 7.30. The van der Waals surface area contributed by atoms with Crippen molar-refractivity contribution in [3.8, 4) is 21.8 Å². The molecule has 0 unspecified atom stereocenters. The highest BCUT2D eigenvalue weighted by atomic mass is 32.1. The fourth-order valence-corrected chi connectivity index (χ4v) is 3.80. The summed E-state index contributed by atoms with van der Waals surface area (Å²) in [5.41, 5.74) is 3.34. The van der Waals surface area contributed by atoms with Crippen LogP contribution in [0.5, 0.6) is 0 Å². The second kappa shape index (κ2) is 7.33. The minimum Gasteiger partial charge on any atom is -0.467 e. The van der Waals surface area contributed by atoms with Crippen molar-refractivity contribution in [3.63, 3.8) is 0 Å². The van der Waals surface area contributed by atoms with Gasteiger partial charge in [-0.3, -0.25) is 9.78 Å². The summed E-state index contributed by atoms with van der Waals surface area (Å²) in [6, 6.07) is 13.4. The van der Waals surface area contributed by atoms with E-state index in [-0.39, 0.29) is 5.91 Å². The van der Waals surface area contributed by atoms with E-state index in [0.717, 1.165) is 16.5 Å². The first-order valence-electron chi connectivity index (χ1n) is 8.84. The molecule has 29 heavy (non-hydrogen) atoms. The van der Waals surface area contributed by atoms with Gasteiger partial charge in [0, 0.05) is 12.4 Å². The van der Waals surface area contributed by atoms with Gasteiger partial charge < -0.3 is 14.3 Å². The molecule has 1 N–H and O–H groups in total. The van der Waals surface area contributed by atoms with Crippen molar-refractivity contribution >= 4 is 28.2 Å². The maximum atomic E-state index is 12.4. The number of aromatic nitrogens is 3. The SMILES string of the molecule is O=C(NCc1ccco1)c1cnc(-c2noc3cc(-c4ccncc4)ccc23)s1. The molecule has 0 fully saturated rings. The van der Waals surface area contributed by atoms with E-state index in [1.165, 1.54) is 11.3 Å². The molecule has 0 bridgehead atoms. The molecule has 5 aromatic rings. The zero-order valence-electron chi connectivity index (χ0n) is 15.0. The molecule has 8 heteroatoms. The third kappa shape index (κ3) is 3.41. The van der Waals surface area contributed by atoms with Gasteiger partial charge in [0.1, 0.15) is 21.3 Å². The Hall–Kier alpha value is -3.78. The van der Waals surface area contributed by atoms with Gasteiger partial charge in [-0.2, -0.15) is 0 Å². The maximum Gasteiger partial charge on any atom is 0.263 e.